The van der Waals surface area contributed by atoms with Crippen molar-refractivity contribution < 1.29 is 9.18 Å². The van der Waals surface area contributed by atoms with Crippen molar-refractivity contribution in [1.82, 2.24) is 9.80 Å². The molecule has 2 aromatic carbocycles. The molecule has 0 saturated carbocycles. The maximum Gasteiger partial charge on any atom is 0.253 e. The molecule has 0 aromatic heterocycles. The lowest BCUT2D eigenvalue weighted by Crippen LogP contribution is -2.49. The highest BCUT2D eigenvalue weighted by atomic mass is 19.1. The summed E-state index contributed by atoms with van der Waals surface area (Å²) in [7, 11) is 0. The fourth-order valence-electron chi connectivity index (χ4n) is 4.17. The van der Waals surface area contributed by atoms with E-state index in [0.29, 0.717) is 31.9 Å². The number of hydrogen-bond donors (Lipinski definition) is 0. The van der Waals surface area contributed by atoms with Gasteiger partial charge < -0.3 is 9.80 Å². The van der Waals surface area contributed by atoms with E-state index >= 15 is 0 Å². The Hall–Kier alpha value is -2.40. The number of rotatable bonds is 4. The maximum absolute atomic E-state index is 14.0. The average molecular weight is 381 g/mol. The molecule has 4 nitrogen and oxygen atoms in total. The van der Waals surface area contributed by atoms with Gasteiger partial charge in [-0.2, -0.15) is 0 Å². The fourth-order valence-corrected chi connectivity index (χ4v) is 4.17. The highest BCUT2D eigenvalue weighted by Gasteiger charge is 2.23. The molecule has 4 rings (SSSR count). The van der Waals surface area contributed by atoms with Crippen LogP contribution in [0.2, 0.25) is 0 Å². The van der Waals surface area contributed by atoms with Gasteiger partial charge in [-0.05, 0) is 55.8 Å². The number of likely N-dealkylation sites (tertiary alicyclic amines) is 1. The summed E-state index contributed by atoms with van der Waals surface area (Å²) in [4.78, 5) is 19.2. The van der Waals surface area contributed by atoms with Gasteiger partial charge >= 0.3 is 0 Å². The minimum Gasteiger partial charge on any atom is -0.366 e. The molecule has 0 unspecified atom stereocenters. The van der Waals surface area contributed by atoms with Crippen LogP contribution >= 0.6 is 0 Å². The highest BCUT2D eigenvalue weighted by molar-refractivity contribution is 5.94. The van der Waals surface area contributed by atoms with E-state index in [2.05, 4.69) is 17.0 Å². The summed E-state index contributed by atoms with van der Waals surface area (Å²) < 4.78 is 14.0. The van der Waals surface area contributed by atoms with Crippen LogP contribution in [0.1, 0.15) is 35.2 Å². The summed E-state index contributed by atoms with van der Waals surface area (Å²) >= 11 is 0. The summed E-state index contributed by atoms with van der Waals surface area (Å²) in [5, 5.41) is 0. The molecule has 0 atom stereocenters. The van der Waals surface area contributed by atoms with Crippen LogP contribution in [-0.2, 0) is 6.54 Å². The third kappa shape index (κ3) is 4.36. The summed E-state index contributed by atoms with van der Waals surface area (Å²) in [6.45, 7) is 5.85. The van der Waals surface area contributed by atoms with Crippen molar-refractivity contribution >= 4 is 11.6 Å². The van der Waals surface area contributed by atoms with Crippen molar-refractivity contribution in [1.29, 1.82) is 0 Å². The largest absolute Gasteiger partial charge is 0.366 e. The standard InChI is InChI=1S/C23H28FN3O/c24-21-6-2-3-7-22(21)26-14-16-27(17-15-26)23(28)20-10-8-19(9-11-20)18-25-12-4-1-5-13-25/h2-3,6-11H,1,4-5,12-18H2. The molecule has 0 spiro atoms. The second-order valence-electron chi connectivity index (χ2n) is 7.76. The van der Waals surface area contributed by atoms with Crippen LogP contribution in [0.15, 0.2) is 48.5 Å². The third-order valence-electron chi connectivity index (χ3n) is 5.82. The quantitative estimate of drug-likeness (QED) is 0.807. The van der Waals surface area contributed by atoms with Crippen molar-refractivity contribution in [3.05, 3.63) is 65.5 Å². The van der Waals surface area contributed by atoms with Crippen LogP contribution in [0.4, 0.5) is 10.1 Å². The van der Waals surface area contributed by atoms with Crippen LogP contribution in [-0.4, -0.2) is 55.0 Å². The van der Waals surface area contributed by atoms with Crippen LogP contribution in [0.25, 0.3) is 0 Å². The van der Waals surface area contributed by atoms with E-state index in [9.17, 15) is 9.18 Å². The number of carbonyl (C=O) groups is 1. The molecule has 2 aliphatic heterocycles. The van der Waals surface area contributed by atoms with Gasteiger partial charge in [-0.1, -0.05) is 30.7 Å². The summed E-state index contributed by atoms with van der Waals surface area (Å²) in [6.07, 6.45) is 3.92. The molecule has 148 valence electrons. The van der Waals surface area contributed by atoms with Gasteiger partial charge in [0.1, 0.15) is 5.82 Å². The van der Waals surface area contributed by atoms with E-state index in [1.165, 1.54) is 44.0 Å². The molecular formula is C23H28FN3O. The average Bonchev–Trinajstić information content (AvgIpc) is 2.75. The molecule has 0 aliphatic carbocycles. The molecule has 2 heterocycles. The lowest BCUT2D eigenvalue weighted by atomic mass is 10.1. The second-order valence-corrected chi connectivity index (χ2v) is 7.76. The Balaban J connectivity index is 1.33. The molecule has 0 N–H and O–H groups in total. The minimum absolute atomic E-state index is 0.0673. The summed E-state index contributed by atoms with van der Waals surface area (Å²) in [5.41, 5.74) is 2.63. The predicted octanol–water partition coefficient (Wildman–Crippen LogP) is 3.77. The topological polar surface area (TPSA) is 26.8 Å². The molecule has 0 radical (unpaired) electrons. The number of para-hydroxylation sites is 1. The molecular weight excluding hydrogens is 353 g/mol. The van der Waals surface area contributed by atoms with Crippen LogP contribution in [0.3, 0.4) is 0 Å². The van der Waals surface area contributed by atoms with Crippen LogP contribution in [0, 0.1) is 5.82 Å². The van der Waals surface area contributed by atoms with Crippen molar-refractivity contribution in [2.45, 2.75) is 25.8 Å². The Bertz CT molecular complexity index is 794. The second kappa shape index (κ2) is 8.74. The number of carbonyl (C=O) groups excluding carboxylic acids is 1. The lowest BCUT2D eigenvalue weighted by Gasteiger charge is -2.36. The molecule has 2 aromatic rings. The van der Waals surface area contributed by atoms with E-state index in [4.69, 9.17) is 0 Å². The molecule has 5 heteroatoms. The Kier molecular flexibility index (Phi) is 5.91. The highest BCUT2D eigenvalue weighted by Crippen LogP contribution is 2.21. The molecule has 1 amide bonds. The molecule has 2 fully saturated rings. The maximum atomic E-state index is 14.0. The van der Waals surface area contributed by atoms with Crippen molar-refractivity contribution in [2.24, 2.45) is 0 Å². The van der Waals surface area contributed by atoms with Crippen molar-refractivity contribution in [2.75, 3.05) is 44.2 Å². The first-order valence-corrected chi connectivity index (χ1v) is 10.3. The Morgan fingerprint density at radius 3 is 2.18 bits per heavy atom. The number of halogens is 1. The zero-order valence-corrected chi connectivity index (χ0v) is 16.3. The van der Waals surface area contributed by atoms with E-state index in [1.807, 2.05) is 28.0 Å². The number of hydrogen-bond acceptors (Lipinski definition) is 3. The zero-order valence-electron chi connectivity index (χ0n) is 16.3. The van der Waals surface area contributed by atoms with Gasteiger partial charge in [-0.15, -0.1) is 0 Å². The van der Waals surface area contributed by atoms with E-state index in [0.717, 1.165) is 12.1 Å². The predicted molar refractivity (Wildman–Crippen MR) is 110 cm³/mol. The van der Waals surface area contributed by atoms with Crippen molar-refractivity contribution in [3.63, 3.8) is 0 Å². The number of amides is 1. The normalized spacial score (nSPS) is 18.3. The molecule has 2 aliphatic rings. The first-order valence-electron chi connectivity index (χ1n) is 10.3. The number of piperazine rings is 1. The monoisotopic (exact) mass is 381 g/mol. The van der Waals surface area contributed by atoms with Gasteiger partial charge in [-0.25, -0.2) is 4.39 Å². The molecule has 0 bridgehead atoms. The van der Waals surface area contributed by atoms with Crippen LogP contribution in [0.5, 0.6) is 0 Å². The van der Waals surface area contributed by atoms with Crippen molar-refractivity contribution in [3.8, 4) is 0 Å². The third-order valence-corrected chi connectivity index (χ3v) is 5.82. The first-order chi connectivity index (χ1) is 13.7. The fraction of sp³-hybridized carbons (Fsp3) is 0.435. The molecule has 2 saturated heterocycles. The number of anilines is 1. The minimum atomic E-state index is -0.202. The number of nitrogens with zero attached hydrogens (tertiary/aromatic N) is 3. The van der Waals surface area contributed by atoms with Gasteiger partial charge in [0.15, 0.2) is 0 Å². The van der Waals surface area contributed by atoms with E-state index < -0.39 is 0 Å². The SMILES string of the molecule is O=C(c1ccc(CN2CCCCC2)cc1)N1CCN(c2ccccc2F)CC1. The first kappa shape index (κ1) is 18.9. The van der Waals surface area contributed by atoms with Gasteiger partial charge in [0.05, 0.1) is 5.69 Å². The van der Waals surface area contributed by atoms with Crippen LogP contribution < -0.4 is 4.90 Å². The lowest BCUT2D eigenvalue weighted by molar-refractivity contribution is 0.0746. The Morgan fingerprint density at radius 1 is 0.821 bits per heavy atom. The van der Waals surface area contributed by atoms with E-state index in [-0.39, 0.29) is 11.7 Å². The summed E-state index contributed by atoms with van der Waals surface area (Å²) in [6, 6.07) is 14.9. The number of benzene rings is 2. The smallest absolute Gasteiger partial charge is 0.253 e. The van der Waals surface area contributed by atoms with Gasteiger partial charge in [0, 0.05) is 38.3 Å². The van der Waals surface area contributed by atoms with Gasteiger partial charge in [-0.3, -0.25) is 9.69 Å². The molecule has 28 heavy (non-hydrogen) atoms. The van der Waals surface area contributed by atoms with Gasteiger partial charge in [0.2, 0.25) is 0 Å². The summed E-state index contributed by atoms with van der Waals surface area (Å²) in [5.74, 6) is -0.135. The Morgan fingerprint density at radius 2 is 1.50 bits per heavy atom. The number of piperidine rings is 1. The zero-order chi connectivity index (χ0) is 19.3. The van der Waals surface area contributed by atoms with Gasteiger partial charge in [0.25, 0.3) is 5.91 Å². The Labute approximate surface area is 166 Å². The van der Waals surface area contributed by atoms with E-state index in [1.54, 1.807) is 12.1 Å².